The van der Waals surface area contributed by atoms with Crippen molar-refractivity contribution in [2.45, 2.75) is 18.7 Å². The second-order valence-electron chi connectivity index (χ2n) is 3.29. The van der Waals surface area contributed by atoms with Crippen LogP contribution in [-0.4, -0.2) is 23.2 Å². The Hall–Kier alpha value is -1.16. The van der Waals surface area contributed by atoms with Crippen LogP contribution >= 0.6 is 15.9 Å². The van der Waals surface area contributed by atoms with Gasteiger partial charge in [-0.1, -0.05) is 40.2 Å². The third-order valence-corrected chi connectivity index (χ3v) is 2.92. The van der Waals surface area contributed by atoms with Crippen molar-refractivity contribution in [2.24, 2.45) is 0 Å². The van der Waals surface area contributed by atoms with Crippen LogP contribution in [0.4, 0.5) is 0 Å². The molecule has 0 fully saturated rings. The molecule has 1 rings (SSSR count). The van der Waals surface area contributed by atoms with Gasteiger partial charge in [0.05, 0.1) is 6.61 Å². The van der Waals surface area contributed by atoms with Crippen molar-refractivity contribution in [1.82, 2.24) is 0 Å². The maximum Gasteiger partial charge on any atom is 0.327 e. The highest BCUT2D eigenvalue weighted by molar-refractivity contribution is 9.10. The van der Waals surface area contributed by atoms with Crippen molar-refractivity contribution in [3.63, 3.8) is 0 Å². The summed E-state index contributed by atoms with van der Waals surface area (Å²) in [5.74, 6) is -0.813. The molecule has 1 atom stereocenters. The van der Waals surface area contributed by atoms with E-state index in [9.17, 15) is 9.59 Å². The first kappa shape index (κ1) is 12.9. The minimum atomic E-state index is -0.923. The molecule has 4 heteroatoms. The van der Waals surface area contributed by atoms with Gasteiger partial charge in [-0.25, -0.2) is 0 Å². The molecule has 0 bridgehead atoms. The van der Waals surface area contributed by atoms with Crippen LogP contribution in [0.3, 0.4) is 0 Å². The second kappa shape index (κ2) is 5.80. The quantitative estimate of drug-likeness (QED) is 0.369. The van der Waals surface area contributed by atoms with E-state index in [4.69, 9.17) is 4.74 Å². The van der Waals surface area contributed by atoms with Gasteiger partial charge < -0.3 is 4.74 Å². The number of rotatable bonds is 4. The van der Waals surface area contributed by atoms with Crippen molar-refractivity contribution in [3.8, 4) is 0 Å². The molecular weight excluding hydrogens is 272 g/mol. The fourth-order valence-corrected chi connectivity index (χ4v) is 1.69. The molecule has 0 aromatic heterocycles. The molecule has 3 nitrogen and oxygen atoms in total. The van der Waals surface area contributed by atoms with Crippen LogP contribution in [0, 0.1) is 6.92 Å². The molecule has 0 amide bonds. The molecule has 0 saturated heterocycles. The van der Waals surface area contributed by atoms with Gasteiger partial charge in [0.2, 0.25) is 0 Å². The summed E-state index contributed by atoms with van der Waals surface area (Å²) < 4.78 is 4.78. The van der Waals surface area contributed by atoms with E-state index in [-0.39, 0.29) is 12.4 Å². The molecule has 0 radical (unpaired) electrons. The van der Waals surface area contributed by atoms with Crippen molar-refractivity contribution >= 4 is 27.7 Å². The topological polar surface area (TPSA) is 43.4 Å². The summed E-state index contributed by atoms with van der Waals surface area (Å²) in [5.41, 5.74) is 1.39. The number of benzene rings is 1. The number of carbonyl (C=O) groups is 2. The maximum atomic E-state index is 11.9. The fraction of sp³-hybridized carbons (Fsp3) is 0.333. The van der Waals surface area contributed by atoms with E-state index in [1.807, 2.05) is 19.1 Å². The Morgan fingerprint density at radius 3 is 2.56 bits per heavy atom. The zero-order chi connectivity index (χ0) is 12.1. The van der Waals surface area contributed by atoms with Gasteiger partial charge in [0, 0.05) is 5.56 Å². The summed E-state index contributed by atoms with van der Waals surface area (Å²) in [6.45, 7) is 3.80. The highest BCUT2D eigenvalue weighted by Gasteiger charge is 2.26. The first-order chi connectivity index (χ1) is 7.57. The number of esters is 1. The number of hydrogen-bond acceptors (Lipinski definition) is 3. The van der Waals surface area contributed by atoms with Crippen LogP contribution in [0.5, 0.6) is 0 Å². The molecule has 1 aromatic rings. The monoisotopic (exact) mass is 284 g/mol. The average molecular weight is 285 g/mol. The minimum Gasteiger partial charge on any atom is -0.465 e. The van der Waals surface area contributed by atoms with Crippen molar-refractivity contribution in [1.29, 1.82) is 0 Å². The molecule has 16 heavy (non-hydrogen) atoms. The molecule has 0 aliphatic rings. The summed E-state index contributed by atoms with van der Waals surface area (Å²) in [6, 6.07) is 7.15. The summed E-state index contributed by atoms with van der Waals surface area (Å²) >= 11 is 3.06. The molecule has 1 unspecified atom stereocenters. The lowest BCUT2D eigenvalue weighted by Gasteiger charge is -2.09. The Labute approximate surface area is 103 Å². The lowest BCUT2D eigenvalue weighted by Crippen LogP contribution is -2.26. The van der Waals surface area contributed by atoms with Gasteiger partial charge in [-0.3, -0.25) is 9.59 Å². The maximum absolute atomic E-state index is 11.9. The summed E-state index contributed by atoms with van der Waals surface area (Å²) in [6.07, 6.45) is 0. The Bertz CT molecular complexity index is 401. The smallest absolute Gasteiger partial charge is 0.327 e. The first-order valence-electron chi connectivity index (χ1n) is 4.98. The highest BCUT2D eigenvalue weighted by atomic mass is 79.9. The molecule has 0 heterocycles. The number of hydrogen-bond donors (Lipinski definition) is 0. The van der Waals surface area contributed by atoms with Gasteiger partial charge in [0.15, 0.2) is 10.6 Å². The van der Waals surface area contributed by atoms with Crippen LogP contribution in [-0.2, 0) is 9.53 Å². The number of ether oxygens (including phenoxy) is 1. The van der Waals surface area contributed by atoms with Crippen LogP contribution in [0.1, 0.15) is 22.8 Å². The van der Waals surface area contributed by atoms with Gasteiger partial charge in [0.1, 0.15) is 0 Å². The van der Waals surface area contributed by atoms with E-state index in [0.717, 1.165) is 5.56 Å². The lowest BCUT2D eigenvalue weighted by atomic mass is 10.0. The number of Topliss-reactive ketones (excluding diaryl/α,β-unsaturated/α-hetero) is 1. The van der Waals surface area contributed by atoms with Crippen LogP contribution < -0.4 is 0 Å². The summed E-state index contributed by atoms with van der Waals surface area (Å²) in [5, 5.41) is 0. The number of halogens is 1. The molecule has 0 aliphatic carbocycles. The fourth-order valence-electron chi connectivity index (χ4n) is 1.31. The standard InChI is InChI=1S/C12H13BrO3/c1-3-16-12(15)10(13)11(14)9-7-5-4-6-8(9)2/h4-7,10H,3H2,1-2H3. The van der Waals surface area contributed by atoms with Gasteiger partial charge in [-0.05, 0) is 19.4 Å². The van der Waals surface area contributed by atoms with Gasteiger partial charge in [-0.2, -0.15) is 0 Å². The van der Waals surface area contributed by atoms with Gasteiger partial charge >= 0.3 is 5.97 Å². The third kappa shape index (κ3) is 2.92. The SMILES string of the molecule is CCOC(=O)C(Br)C(=O)c1ccccc1C. The number of aryl methyl sites for hydroxylation is 1. The van der Waals surface area contributed by atoms with Crippen LogP contribution in [0.25, 0.3) is 0 Å². The molecular formula is C12H13BrO3. The minimum absolute atomic E-state index is 0.266. The Morgan fingerprint density at radius 2 is 2.00 bits per heavy atom. The Kier molecular flexibility index (Phi) is 4.68. The highest BCUT2D eigenvalue weighted by Crippen LogP contribution is 2.15. The average Bonchev–Trinajstić information content (AvgIpc) is 2.28. The van der Waals surface area contributed by atoms with E-state index in [2.05, 4.69) is 15.9 Å². The molecule has 86 valence electrons. The van der Waals surface area contributed by atoms with E-state index >= 15 is 0 Å². The first-order valence-corrected chi connectivity index (χ1v) is 5.90. The second-order valence-corrected chi connectivity index (χ2v) is 4.21. The lowest BCUT2D eigenvalue weighted by molar-refractivity contribution is -0.141. The van der Waals surface area contributed by atoms with Gasteiger partial charge in [-0.15, -0.1) is 0 Å². The van der Waals surface area contributed by atoms with Gasteiger partial charge in [0.25, 0.3) is 0 Å². The summed E-state index contributed by atoms with van der Waals surface area (Å²) in [4.78, 5) is 22.4. The zero-order valence-electron chi connectivity index (χ0n) is 9.20. The third-order valence-electron chi connectivity index (χ3n) is 2.13. The normalized spacial score (nSPS) is 11.9. The largest absolute Gasteiger partial charge is 0.465 e. The van der Waals surface area contributed by atoms with E-state index < -0.39 is 10.8 Å². The van der Waals surface area contributed by atoms with E-state index in [1.165, 1.54) is 0 Å². The Balaban J connectivity index is 2.86. The predicted octanol–water partition coefficient (Wildman–Crippen LogP) is 2.50. The molecule has 1 aromatic carbocycles. The van der Waals surface area contributed by atoms with Crippen molar-refractivity contribution in [3.05, 3.63) is 35.4 Å². The van der Waals surface area contributed by atoms with E-state index in [0.29, 0.717) is 5.56 Å². The molecule has 0 spiro atoms. The summed E-state index contributed by atoms with van der Waals surface area (Å²) in [7, 11) is 0. The predicted molar refractivity (Wildman–Crippen MR) is 64.9 cm³/mol. The van der Waals surface area contributed by atoms with Crippen molar-refractivity contribution in [2.75, 3.05) is 6.61 Å². The molecule has 0 N–H and O–H groups in total. The van der Waals surface area contributed by atoms with Crippen LogP contribution in [0.15, 0.2) is 24.3 Å². The zero-order valence-corrected chi connectivity index (χ0v) is 10.8. The van der Waals surface area contributed by atoms with Crippen LogP contribution in [0.2, 0.25) is 0 Å². The number of ketones is 1. The van der Waals surface area contributed by atoms with Crippen molar-refractivity contribution < 1.29 is 14.3 Å². The number of alkyl halides is 1. The van der Waals surface area contributed by atoms with E-state index in [1.54, 1.807) is 19.1 Å². The molecule has 0 aliphatic heterocycles. The number of carbonyl (C=O) groups excluding carboxylic acids is 2. The Morgan fingerprint density at radius 1 is 1.38 bits per heavy atom. The molecule has 0 saturated carbocycles.